The maximum absolute atomic E-state index is 11.6. The van der Waals surface area contributed by atoms with Crippen molar-refractivity contribution in [2.24, 2.45) is 4.99 Å². The molecule has 1 heterocycles. The number of guanidine groups is 1. The summed E-state index contributed by atoms with van der Waals surface area (Å²) in [5.41, 5.74) is 2.78. The third-order valence-corrected chi connectivity index (χ3v) is 4.76. The highest BCUT2D eigenvalue weighted by Gasteiger charge is 2.05. The van der Waals surface area contributed by atoms with Crippen molar-refractivity contribution in [3.8, 4) is 0 Å². The van der Waals surface area contributed by atoms with Crippen LogP contribution in [-0.2, 0) is 13.1 Å². The van der Waals surface area contributed by atoms with E-state index in [1.807, 2.05) is 38.1 Å². The van der Waals surface area contributed by atoms with E-state index in [9.17, 15) is 4.79 Å². The van der Waals surface area contributed by atoms with Crippen molar-refractivity contribution in [2.45, 2.75) is 33.9 Å². The minimum Gasteiger partial charge on any atom is -0.357 e. The van der Waals surface area contributed by atoms with Crippen molar-refractivity contribution in [1.82, 2.24) is 20.9 Å². The Morgan fingerprint density at radius 3 is 2.42 bits per heavy atom. The van der Waals surface area contributed by atoms with Gasteiger partial charge in [-0.3, -0.25) is 4.79 Å². The molecule has 0 fully saturated rings. The summed E-state index contributed by atoms with van der Waals surface area (Å²) in [6.45, 7) is 8.12. The first-order valence-corrected chi connectivity index (χ1v) is 9.11. The third kappa shape index (κ3) is 6.56. The summed E-state index contributed by atoms with van der Waals surface area (Å²) in [5, 5.41) is 10.2. The van der Waals surface area contributed by atoms with Gasteiger partial charge in [0.05, 0.1) is 18.8 Å². The Bertz CT molecular complexity index is 723. The number of benzene rings is 1. The molecule has 0 radical (unpaired) electrons. The maximum atomic E-state index is 11.6. The molecule has 0 aliphatic heterocycles. The summed E-state index contributed by atoms with van der Waals surface area (Å²) >= 11 is 1.70. The number of carbonyl (C=O) groups is 1. The zero-order valence-corrected chi connectivity index (χ0v) is 18.7. The summed E-state index contributed by atoms with van der Waals surface area (Å²) in [5.74, 6) is 0.669. The maximum Gasteiger partial charge on any atom is 0.251 e. The predicted octanol–water partition coefficient (Wildman–Crippen LogP) is 2.99. The van der Waals surface area contributed by atoms with Gasteiger partial charge in [-0.2, -0.15) is 0 Å². The van der Waals surface area contributed by atoms with Gasteiger partial charge >= 0.3 is 0 Å². The summed E-state index contributed by atoms with van der Waals surface area (Å²) in [7, 11) is 1.63. The number of nitrogens with zero attached hydrogens (tertiary/aromatic N) is 2. The lowest BCUT2D eigenvalue weighted by Crippen LogP contribution is -2.36. The zero-order chi connectivity index (χ0) is 18.2. The van der Waals surface area contributed by atoms with Gasteiger partial charge in [0.1, 0.15) is 5.01 Å². The highest BCUT2D eigenvalue weighted by atomic mass is 127. The lowest BCUT2D eigenvalue weighted by atomic mass is 10.1. The van der Waals surface area contributed by atoms with Crippen LogP contribution in [0.15, 0.2) is 29.3 Å². The predicted molar refractivity (Wildman–Crippen MR) is 118 cm³/mol. The largest absolute Gasteiger partial charge is 0.357 e. The number of amides is 1. The molecular weight excluding hydrogens is 461 g/mol. The summed E-state index contributed by atoms with van der Waals surface area (Å²) in [6, 6.07) is 7.46. The van der Waals surface area contributed by atoms with Gasteiger partial charge in [-0.05, 0) is 38.5 Å². The van der Waals surface area contributed by atoms with Gasteiger partial charge in [-0.1, -0.05) is 12.1 Å². The quantitative estimate of drug-likeness (QED) is 0.333. The van der Waals surface area contributed by atoms with E-state index in [-0.39, 0.29) is 29.9 Å². The second-order valence-electron chi connectivity index (χ2n) is 5.57. The average molecular weight is 487 g/mol. The van der Waals surface area contributed by atoms with Gasteiger partial charge in [-0.25, -0.2) is 9.98 Å². The Balaban J connectivity index is 0.00000338. The normalized spacial score (nSPS) is 10.8. The van der Waals surface area contributed by atoms with Crippen LogP contribution in [0.3, 0.4) is 0 Å². The van der Waals surface area contributed by atoms with E-state index >= 15 is 0 Å². The highest BCUT2D eigenvalue weighted by molar-refractivity contribution is 14.0. The second-order valence-corrected chi connectivity index (χ2v) is 6.86. The van der Waals surface area contributed by atoms with E-state index in [0.717, 1.165) is 28.8 Å². The lowest BCUT2D eigenvalue weighted by molar-refractivity contribution is 0.0963. The van der Waals surface area contributed by atoms with Crippen LogP contribution in [0.1, 0.15) is 38.4 Å². The molecule has 0 bridgehead atoms. The number of nitrogens with one attached hydrogen (secondary N) is 3. The summed E-state index contributed by atoms with van der Waals surface area (Å²) in [4.78, 5) is 21.9. The monoisotopic (exact) mass is 487 g/mol. The number of aliphatic imine (C=N–C) groups is 1. The first-order valence-electron chi connectivity index (χ1n) is 8.29. The van der Waals surface area contributed by atoms with Crippen LogP contribution >= 0.6 is 35.3 Å². The molecule has 142 valence electrons. The highest BCUT2D eigenvalue weighted by Crippen LogP contribution is 2.15. The standard InChI is InChI=1S/C18H25N5OS.HI/c1-5-20-18(22-11-16-23-12(2)13(3)25-16)21-10-14-6-8-15(9-7-14)17(24)19-4;/h6-9H,5,10-11H2,1-4H3,(H,19,24)(H2,20,21,22);1H. The van der Waals surface area contributed by atoms with Crippen molar-refractivity contribution in [2.75, 3.05) is 13.6 Å². The summed E-state index contributed by atoms with van der Waals surface area (Å²) < 4.78 is 0. The molecule has 0 spiro atoms. The number of aromatic nitrogens is 1. The van der Waals surface area contributed by atoms with Gasteiger partial charge in [0, 0.05) is 24.0 Å². The van der Waals surface area contributed by atoms with Crippen LogP contribution in [0.25, 0.3) is 0 Å². The van der Waals surface area contributed by atoms with E-state index in [1.165, 1.54) is 4.88 Å². The fourth-order valence-electron chi connectivity index (χ4n) is 2.19. The van der Waals surface area contributed by atoms with Crippen molar-refractivity contribution in [1.29, 1.82) is 0 Å². The fourth-order valence-corrected chi connectivity index (χ4v) is 3.07. The van der Waals surface area contributed by atoms with Gasteiger partial charge in [-0.15, -0.1) is 35.3 Å². The Hall–Kier alpha value is -1.68. The van der Waals surface area contributed by atoms with E-state index in [2.05, 4.69) is 32.9 Å². The van der Waals surface area contributed by atoms with Gasteiger partial charge in [0.2, 0.25) is 0 Å². The molecule has 0 saturated carbocycles. The molecule has 0 saturated heterocycles. The molecule has 0 aliphatic carbocycles. The van der Waals surface area contributed by atoms with E-state index in [4.69, 9.17) is 0 Å². The lowest BCUT2D eigenvalue weighted by Gasteiger charge is -2.10. The first-order chi connectivity index (χ1) is 12.0. The minimum atomic E-state index is -0.0842. The van der Waals surface area contributed by atoms with Gasteiger partial charge < -0.3 is 16.0 Å². The fraction of sp³-hybridized carbons (Fsp3) is 0.389. The van der Waals surface area contributed by atoms with Crippen molar-refractivity contribution < 1.29 is 4.79 Å². The van der Waals surface area contributed by atoms with E-state index in [1.54, 1.807) is 18.4 Å². The molecule has 8 heteroatoms. The van der Waals surface area contributed by atoms with Crippen LogP contribution in [0, 0.1) is 13.8 Å². The number of aryl methyl sites for hydroxylation is 2. The molecular formula is C18H26IN5OS. The summed E-state index contributed by atoms with van der Waals surface area (Å²) in [6.07, 6.45) is 0. The number of hydrogen-bond donors (Lipinski definition) is 3. The minimum absolute atomic E-state index is 0. The number of halogens is 1. The number of rotatable bonds is 6. The zero-order valence-electron chi connectivity index (χ0n) is 15.5. The molecule has 6 nitrogen and oxygen atoms in total. The van der Waals surface area contributed by atoms with Crippen molar-refractivity contribution in [3.63, 3.8) is 0 Å². The van der Waals surface area contributed by atoms with E-state index in [0.29, 0.717) is 18.7 Å². The third-order valence-electron chi connectivity index (χ3n) is 3.69. The Labute approximate surface area is 175 Å². The number of hydrogen-bond acceptors (Lipinski definition) is 4. The Morgan fingerprint density at radius 2 is 1.88 bits per heavy atom. The second kappa shape index (κ2) is 11.1. The smallest absolute Gasteiger partial charge is 0.251 e. The van der Waals surface area contributed by atoms with Gasteiger partial charge in [0.25, 0.3) is 5.91 Å². The van der Waals surface area contributed by atoms with Crippen LogP contribution in [0.4, 0.5) is 0 Å². The molecule has 0 aliphatic rings. The first kappa shape index (κ1) is 22.4. The van der Waals surface area contributed by atoms with E-state index < -0.39 is 0 Å². The van der Waals surface area contributed by atoms with Crippen molar-refractivity contribution in [3.05, 3.63) is 51.0 Å². The average Bonchev–Trinajstić information content (AvgIpc) is 2.95. The van der Waals surface area contributed by atoms with Gasteiger partial charge in [0.15, 0.2) is 5.96 Å². The van der Waals surface area contributed by atoms with Crippen LogP contribution < -0.4 is 16.0 Å². The SMILES string of the molecule is CCNC(=NCc1ccc(C(=O)NC)cc1)NCc1nc(C)c(C)s1.I. The molecule has 2 rings (SSSR count). The number of thiazole rings is 1. The molecule has 26 heavy (non-hydrogen) atoms. The molecule has 1 aromatic heterocycles. The molecule has 3 N–H and O–H groups in total. The molecule has 0 atom stereocenters. The Kier molecular flexibility index (Phi) is 9.57. The van der Waals surface area contributed by atoms with Crippen LogP contribution in [0.5, 0.6) is 0 Å². The number of carbonyl (C=O) groups excluding carboxylic acids is 1. The topological polar surface area (TPSA) is 78.4 Å². The molecule has 1 amide bonds. The molecule has 0 unspecified atom stereocenters. The molecule has 2 aromatic rings. The van der Waals surface area contributed by atoms with Crippen LogP contribution in [0.2, 0.25) is 0 Å². The van der Waals surface area contributed by atoms with Crippen molar-refractivity contribution >= 4 is 47.2 Å². The Morgan fingerprint density at radius 1 is 1.19 bits per heavy atom. The molecule has 1 aromatic carbocycles. The van der Waals surface area contributed by atoms with Crippen LogP contribution in [-0.4, -0.2) is 30.4 Å².